The van der Waals surface area contributed by atoms with Gasteiger partial charge in [0.2, 0.25) is 0 Å². The summed E-state index contributed by atoms with van der Waals surface area (Å²) in [5.41, 5.74) is 2.70. The summed E-state index contributed by atoms with van der Waals surface area (Å²) >= 11 is 1.22. The van der Waals surface area contributed by atoms with Gasteiger partial charge in [0.25, 0.3) is 0 Å². The van der Waals surface area contributed by atoms with Gasteiger partial charge in [-0.3, -0.25) is 0 Å². The second-order valence-corrected chi connectivity index (χ2v) is 7.41. The van der Waals surface area contributed by atoms with E-state index in [1.807, 2.05) is 32.9 Å². The van der Waals surface area contributed by atoms with E-state index in [1.54, 1.807) is 11.1 Å². The van der Waals surface area contributed by atoms with Gasteiger partial charge in [0.05, 0.1) is 36.7 Å². The average Bonchev–Trinajstić information content (AvgIpc) is 2.94. The van der Waals surface area contributed by atoms with Crippen LogP contribution in [0.5, 0.6) is 0 Å². The number of fused-ring (bicyclic) bond motifs is 1. The van der Waals surface area contributed by atoms with E-state index in [9.17, 15) is 4.79 Å². The number of benzene rings is 1. The molecule has 1 aromatic carbocycles. The molecule has 2 aromatic rings. The van der Waals surface area contributed by atoms with Crippen LogP contribution in [0.25, 0.3) is 0 Å². The second kappa shape index (κ2) is 6.76. The first-order valence-electron chi connectivity index (χ1n) is 7.99. The van der Waals surface area contributed by atoms with Gasteiger partial charge >= 0.3 is 6.09 Å². The normalized spacial score (nSPS) is 15.0. The van der Waals surface area contributed by atoms with Crippen molar-refractivity contribution in [2.75, 3.05) is 18.0 Å². The van der Waals surface area contributed by atoms with Gasteiger partial charge in [-0.25, -0.2) is 4.79 Å². The Bertz CT molecular complexity index is 697. The Morgan fingerprint density at radius 2 is 2.08 bits per heavy atom. The fraction of sp³-hybridized carbons (Fsp3) is 0.471. The molecule has 0 bridgehead atoms. The van der Waals surface area contributed by atoms with Crippen molar-refractivity contribution in [2.24, 2.45) is 0 Å². The maximum absolute atomic E-state index is 12.5. The first-order valence-corrected chi connectivity index (χ1v) is 8.72. The van der Waals surface area contributed by atoms with Crippen LogP contribution in [0, 0.1) is 0 Å². The Labute approximate surface area is 146 Å². The van der Waals surface area contributed by atoms with Crippen LogP contribution in [0.1, 0.15) is 32.0 Å². The average molecular weight is 346 g/mol. The second-order valence-electron chi connectivity index (χ2n) is 6.85. The van der Waals surface area contributed by atoms with Crippen molar-refractivity contribution in [1.29, 1.82) is 0 Å². The monoisotopic (exact) mass is 346 g/mol. The number of ether oxygens (including phenoxy) is 1. The van der Waals surface area contributed by atoms with Crippen LogP contribution in [0.2, 0.25) is 0 Å². The number of aromatic nitrogens is 2. The lowest BCUT2D eigenvalue weighted by Gasteiger charge is -2.26. The zero-order valence-electron chi connectivity index (χ0n) is 14.2. The quantitative estimate of drug-likeness (QED) is 0.835. The minimum Gasteiger partial charge on any atom is -0.444 e. The van der Waals surface area contributed by atoms with Gasteiger partial charge in [-0.1, -0.05) is 18.2 Å². The highest BCUT2D eigenvalue weighted by molar-refractivity contribution is 6.99. The summed E-state index contributed by atoms with van der Waals surface area (Å²) in [6.07, 6.45) is 1.53. The first kappa shape index (κ1) is 16.7. The summed E-state index contributed by atoms with van der Waals surface area (Å²) in [7, 11) is 0. The third-order valence-corrected chi connectivity index (χ3v) is 4.26. The van der Waals surface area contributed by atoms with E-state index >= 15 is 0 Å². The topological polar surface area (TPSA) is 58.6 Å². The molecule has 24 heavy (non-hydrogen) atoms. The molecule has 1 amide bonds. The summed E-state index contributed by atoms with van der Waals surface area (Å²) in [6, 6.07) is 8.17. The lowest BCUT2D eigenvalue weighted by atomic mass is 10.1. The number of carbonyl (C=O) groups is 1. The van der Waals surface area contributed by atoms with E-state index in [0.29, 0.717) is 19.6 Å². The van der Waals surface area contributed by atoms with Gasteiger partial charge in [0.1, 0.15) is 5.60 Å². The Kier molecular flexibility index (Phi) is 4.71. The van der Waals surface area contributed by atoms with Crippen LogP contribution in [0.15, 0.2) is 30.5 Å². The summed E-state index contributed by atoms with van der Waals surface area (Å²) in [5.74, 6) is 0. The standard InChI is InChI=1S/C17H22N4O2S/c1-17(2,3)23-16(22)21-9-8-20(12-14-10-18-24-19-14)15-7-5-4-6-13(15)11-21/h4-7,10H,8-9,11-12H2,1-3H3. The van der Waals surface area contributed by atoms with Gasteiger partial charge < -0.3 is 14.5 Å². The van der Waals surface area contributed by atoms with Crippen LogP contribution in [-0.2, 0) is 17.8 Å². The van der Waals surface area contributed by atoms with Crippen LogP contribution >= 0.6 is 11.7 Å². The van der Waals surface area contributed by atoms with Gasteiger partial charge in [-0.15, -0.1) is 0 Å². The molecule has 0 aliphatic carbocycles. The molecular formula is C17H22N4O2S. The third kappa shape index (κ3) is 4.03. The van der Waals surface area contributed by atoms with E-state index in [4.69, 9.17) is 4.74 Å². The zero-order chi connectivity index (χ0) is 17.2. The molecule has 0 radical (unpaired) electrons. The molecule has 1 aliphatic heterocycles. The van der Waals surface area contributed by atoms with Gasteiger partial charge in [0, 0.05) is 18.8 Å². The van der Waals surface area contributed by atoms with E-state index in [0.717, 1.165) is 23.5 Å². The molecule has 7 heteroatoms. The molecule has 1 aliphatic rings. The molecule has 128 valence electrons. The highest BCUT2D eigenvalue weighted by atomic mass is 32.1. The third-order valence-electron chi connectivity index (χ3n) is 3.74. The molecule has 0 spiro atoms. The van der Waals surface area contributed by atoms with Crippen LogP contribution in [0.3, 0.4) is 0 Å². The molecule has 0 fully saturated rings. The smallest absolute Gasteiger partial charge is 0.410 e. The van der Waals surface area contributed by atoms with Gasteiger partial charge in [-0.2, -0.15) is 8.75 Å². The predicted octanol–water partition coefficient (Wildman–Crippen LogP) is 3.30. The molecule has 2 heterocycles. The van der Waals surface area contributed by atoms with Crippen LogP contribution in [-0.4, -0.2) is 38.4 Å². The molecule has 0 unspecified atom stereocenters. The Hall–Kier alpha value is -2.15. The van der Waals surface area contributed by atoms with Crippen LogP contribution in [0.4, 0.5) is 10.5 Å². The fourth-order valence-corrected chi connectivity index (χ4v) is 3.12. The Morgan fingerprint density at radius 3 is 2.79 bits per heavy atom. The molecule has 0 saturated heterocycles. The largest absolute Gasteiger partial charge is 0.444 e. The van der Waals surface area contributed by atoms with Crippen LogP contribution < -0.4 is 4.90 Å². The minimum atomic E-state index is -0.491. The fourth-order valence-electron chi connectivity index (χ4n) is 2.70. The number of rotatable bonds is 2. The minimum absolute atomic E-state index is 0.269. The maximum Gasteiger partial charge on any atom is 0.410 e. The first-order chi connectivity index (χ1) is 11.4. The number of para-hydroxylation sites is 1. The van der Waals surface area contributed by atoms with Crippen molar-refractivity contribution in [3.63, 3.8) is 0 Å². The van der Waals surface area contributed by atoms with Crippen molar-refractivity contribution in [2.45, 2.75) is 39.5 Å². The molecule has 3 rings (SSSR count). The van der Waals surface area contributed by atoms with Crippen molar-refractivity contribution < 1.29 is 9.53 Å². The molecular weight excluding hydrogens is 324 g/mol. The van der Waals surface area contributed by atoms with Crippen molar-refractivity contribution in [1.82, 2.24) is 13.6 Å². The van der Waals surface area contributed by atoms with Crippen molar-refractivity contribution in [3.8, 4) is 0 Å². The highest BCUT2D eigenvalue weighted by Gasteiger charge is 2.26. The van der Waals surface area contributed by atoms with E-state index in [2.05, 4.69) is 25.8 Å². The number of anilines is 1. The Morgan fingerprint density at radius 1 is 1.29 bits per heavy atom. The maximum atomic E-state index is 12.5. The van der Waals surface area contributed by atoms with E-state index < -0.39 is 5.60 Å². The summed E-state index contributed by atoms with van der Waals surface area (Å²) in [4.78, 5) is 16.5. The predicted molar refractivity (Wildman–Crippen MR) is 94.0 cm³/mol. The highest BCUT2D eigenvalue weighted by Crippen LogP contribution is 2.27. The number of nitrogens with zero attached hydrogens (tertiary/aromatic N) is 4. The van der Waals surface area contributed by atoms with E-state index in [1.165, 1.54) is 11.7 Å². The molecule has 0 atom stereocenters. The van der Waals surface area contributed by atoms with Crippen molar-refractivity contribution in [3.05, 3.63) is 41.7 Å². The summed E-state index contributed by atoms with van der Waals surface area (Å²) in [5, 5.41) is 0. The number of hydrogen-bond acceptors (Lipinski definition) is 6. The molecule has 1 aromatic heterocycles. The number of carbonyl (C=O) groups excluding carboxylic acids is 1. The number of amides is 1. The molecule has 0 N–H and O–H groups in total. The van der Waals surface area contributed by atoms with Gasteiger partial charge in [0.15, 0.2) is 0 Å². The summed E-state index contributed by atoms with van der Waals surface area (Å²) in [6.45, 7) is 8.25. The van der Waals surface area contributed by atoms with E-state index in [-0.39, 0.29) is 6.09 Å². The lowest BCUT2D eigenvalue weighted by Crippen LogP contribution is -2.39. The molecule has 6 nitrogen and oxygen atoms in total. The van der Waals surface area contributed by atoms with Gasteiger partial charge in [-0.05, 0) is 32.4 Å². The Balaban J connectivity index is 1.81. The lowest BCUT2D eigenvalue weighted by molar-refractivity contribution is 0.0243. The SMILES string of the molecule is CC(C)(C)OC(=O)N1CCN(Cc2cnsn2)c2ccccc2C1. The van der Waals surface area contributed by atoms with Crippen molar-refractivity contribution >= 4 is 23.5 Å². The summed E-state index contributed by atoms with van der Waals surface area (Å²) < 4.78 is 13.9. The zero-order valence-corrected chi connectivity index (χ0v) is 15.0. The molecule has 0 saturated carbocycles. The number of hydrogen-bond donors (Lipinski definition) is 0.